The van der Waals surface area contributed by atoms with Crippen molar-refractivity contribution >= 4 is 58.0 Å². The molecular weight excluding hydrogens is 544 g/mol. The standard InChI is InChI=1S/C29H31ClN8.C4H10/c1-4-18(16-31)27(19-9-7-10-19)35-20(5-2)15-21(6-3)38-25-11-8-14-34-28(25)29(37-38)36-24-13-12-23(33)22(17-32)26(24)30;1-3-4-2/h4-6,8,11-17,31-32,35H,3,7,9-10,33H2,1-2H3,(H,36,37);3-4H2,1-2H3/b18-4+,20-5+,21-15+,31-16?,32-17?;. The average molecular weight is 585 g/mol. The molecule has 2 aromatic heterocycles. The zero-order valence-electron chi connectivity index (χ0n) is 24.9. The molecule has 9 heteroatoms. The molecule has 0 atom stereocenters. The molecule has 1 aliphatic carbocycles. The molecule has 4 rings (SSSR count). The van der Waals surface area contributed by atoms with Crippen LogP contribution in [0.1, 0.15) is 65.4 Å². The third-order valence-corrected chi connectivity index (χ3v) is 7.36. The minimum Gasteiger partial charge on any atom is -0.398 e. The van der Waals surface area contributed by atoms with Crippen LogP contribution in [0.5, 0.6) is 0 Å². The third-order valence-electron chi connectivity index (χ3n) is 6.95. The number of hydrogen-bond acceptors (Lipinski definition) is 7. The third kappa shape index (κ3) is 7.25. The predicted molar refractivity (Wildman–Crippen MR) is 180 cm³/mol. The second kappa shape index (κ2) is 15.5. The lowest BCUT2D eigenvalue weighted by atomic mass is 9.88. The van der Waals surface area contributed by atoms with Gasteiger partial charge in [-0.15, -0.1) is 5.10 Å². The lowest BCUT2D eigenvalue weighted by Crippen LogP contribution is -2.19. The summed E-state index contributed by atoms with van der Waals surface area (Å²) >= 11 is 6.52. The van der Waals surface area contributed by atoms with Gasteiger partial charge >= 0.3 is 0 Å². The topological polar surface area (TPSA) is 128 Å². The maximum Gasteiger partial charge on any atom is 0.179 e. The molecule has 0 amide bonds. The molecule has 3 aromatic rings. The van der Waals surface area contributed by atoms with Crippen molar-refractivity contribution in [3.05, 3.63) is 94.5 Å². The molecule has 8 nitrogen and oxygen atoms in total. The van der Waals surface area contributed by atoms with Gasteiger partial charge in [-0.25, -0.2) is 4.68 Å². The molecule has 0 bridgehead atoms. The van der Waals surface area contributed by atoms with Crippen LogP contribution in [0.2, 0.25) is 5.02 Å². The van der Waals surface area contributed by atoms with Crippen LogP contribution in [0.4, 0.5) is 17.2 Å². The average Bonchev–Trinajstić information content (AvgIpc) is 3.34. The van der Waals surface area contributed by atoms with E-state index in [4.69, 9.17) is 33.3 Å². The first kappa shape index (κ1) is 32.1. The largest absolute Gasteiger partial charge is 0.398 e. The Kier molecular flexibility index (Phi) is 11.9. The molecule has 0 radical (unpaired) electrons. The normalized spacial score (nSPS) is 13.5. The summed E-state index contributed by atoms with van der Waals surface area (Å²) in [5.74, 6) is 0.503. The molecule has 2 heterocycles. The van der Waals surface area contributed by atoms with Gasteiger partial charge in [-0.1, -0.05) is 57.0 Å². The summed E-state index contributed by atoms with van der Waals surface area (Å²) in [5, 5.41) is 27.4. The number of hydrogen-bond donors (Lipinski definition) is 5. The summed E-state index contributed by atoms with van der Waals surface area (Å²) in [7, 11) is 0. The van der Waals surface area contributed by atoms with Gasteiger partial charge in [0.25, 0.3) is 0 Å². The van der Waals surface area contributed by atoms with E-state index in [1.807, 2.05) is 44.2 Å². The highest BCUT2D eigenvalue weighted by Gasteiger charge is 2.19. The molecule has 1 aliphatic rings. The molecule has 0 saturated heterocycles. The second-order valence-corrected chi connectivity index (χ2v) is 10.1. The van der Waals surface area contributed by atoms with Crippen LogP contribution < -0.4 is 16.4 Å². The van der Waals surface area contributed by atoms with Gasteiger partial charge < -0.3 is 27.2 Å². The van der Waals surface area contributed by atoms with Crippen molar-refractivity contribution < 1.29 is 0 Å². The van der Waals surface area contributed by atoms with Crippen molar-refractivity contribution in [3.63, 3.8) is 0 Å². The van der Waals surface area contributed by atoms with Crippen molar-refractivity contribution in [1.29, 1.82) is 10.8 Å². The van der Waals surface area contributed by atoms with Gasteiger partial charge in [0.1, 0.15) is 5.52 Å². The van der Waals surface area contributed by atoms with E-state index >= 15 is 0 Å². The first-order valence-electron chi connectivity index (χ1n) is 14.2. The Hall–Kier alpha value is -4.43. The molecule has 42 heavy (non-hydrogen) atoms. The maximum atomic E-state index is 7.86. The number of nitrogen functional groups attached to an aromatic ring is 1. The highest BCUT2D eigenvalue weighted by Crippen LogP contribution is 2.34. The van der Waals surface area contributed by atoms with Crippen molar-refractivity contribution in [2.45, 2.75) is 59.8 Å². The molecule has 1 fully saturated rings. The van der Waals surface area contributed by atoms with E-state index in [0.29, 0.717) is 33.3 Å². The molecule has 0 unspecified atom stereocenters. The number of fused-ring (bicyclic) bond motifs is 1. The fourth-order valence-corrected chi connectivity index (χ4v) is 4.45. The number of allylic oxidation sites excluding steroid dienone is 7. The van der Waals surface area contributed by atoms with E-state index in [1.54, 1.807) is 29.1 Å². The summed E-state index contributed by atoms with van der Waals surface area (Å²) < 4.78 is 1.77. The molecule has 1 aromatic carbocycles. The minimum atomic E-state index is 0.334. The Labute approximate surface area is 253 Å². The molecule has 6 N–H and O–H groups in total. The molecule has 1 saturated carbocycles. The first-order chi connectivity index (χ1) is 20.4. The highest BCUT2D eigenvalue weighted by atomic mass is 35.5. The van der Waals surface area contributed by atoms with Gasteiger partial charge in [0.15, 0.2) is 5.82 Å². The van der Waals surface area contributed by atoms with Gasteiger partial charge in [0, 0.05) is 46.8 Å². The molecular formula is C33H41ClN8. The Morgan fingerprint density at radius 2 is 1.88 bits per heavy atom. The number of rotatable bonds is 11. The number of benzene rings is 1. The van der Waals surface area contributed by atoms with Gasteiger partial charge in [-0.3, -0.25) is 4.98 Å². The van der Waals surface area contributed by atoms with Crippen molar-refractivity contribution in [2.24, 2.45) is 0 Å². The van der Waals surface area contributed by atoms with Gasteiger partial charge in [-0.05, 0) is 75.1 Å². The fraction of sp³-hybridized carbons (Fsp3) is 0.273. The van der Waals surface area contributed by atoms with Crippen molar-refractivity contribution in [2.75, 3.05) is 11.1 Å². The van der Waals surface area contributed by atoms with Gasteiger partial charge in [-0.2, -0.15) is 0 Å². The zero-order valence-corrected chi connectivity index (χ0v) is 25.6. The van der Waals surface area contributed by atoms with Crippen LogP contribution in [0.3, 0.4) is 0 Å². The monoisotopic (exact) mass is 584 g/mol. The molecule has 0 spiro atoms. The number of unbranched alkanes of at least 4 members (excludes halogenated alkanes) is 1. The van der Waals surface area contributed by atoms with E-state index in [-0.39, 0.29) is 0 Å². The van der Waals surface area contributed by atoms with E-state index in [9.17, 15) is 0 Å². The lowest BCUT2D eigenvalue weighted by molar-refractivity contribution is 0.643. The quantitative estimate of drug-likeness (QED) is 0.0873. The number of aromatic nitrogens is 3. The Bertz CT molecular complexity index is 1560. The molecule has 0 aliphatic heterocycles. The smallest absolute Gasteiger partial charge is 0.179 e. The minimum absolute atomic E-state index is 0.334. The lowest BCUT2D eigenvalue weighted by Gasteiger charge is -2.24. The Morgan fingerprint density at radius 1 is 1.14 bits per heavy atom. The van der Waals surface area contributed by atoms with Crippen LogP contribution in [0, 0.1) is 10.8 Å². The SMILES string of the molecule is C=C/C(=C\C(=C/C)NC(=C1CCC1)/C(C=N)=C/C)n1nc(Nc2ccc(N)c(C=N)c2Cl)c2ncccc21.CCCC. The fourth-order valence-electron chi connectivity index (χ4n) is 4.18. The van der Waals surface area contributed by atoms with E-state index < -0.39 is 0 Å². The summed E-state index contributed by atoms with van der Waals surface area (Å²) in [6.45, 7) is 12.3. The number of nitrogens with one attached hydrogen (secondary N) is 4. The number of nitrogens with zero attached hydrogens (tertiary/aromatic N) is 3. The van der Waals surface area contributed by atoms with E-state index in [0.717, 1.165) is 53.7 Å². The number of pyridine rings is 1. The van der Waals surface area contributed by atoms with Crippen LogP contribution in [0.25, 0.3) is 16.7 Å². The summed E-state index contributed by atoms with van der Waals surface area (Å²) in [6.07, 6.45) is 17.7. The predicted octanol–water partition coefficient (Wildman–Crippen LogP) is 8.77. The van der Waals surface area contributed by atoms with Crippen LogP contribution in [-0.4, -0.2) is 27.2 Å². The summed E-state index contributed by atoms with van der Waals surface area (Å²) in [5.41, 5.74) is 13.6. The van der Waals surface area contributed by atoms with E-state index in [2.05, 4.69) is 36.0 Å². The van der Waals surface area contributed by atoms with Crippen LogP contribution in [-0.2, 0) is 0 Å². The van der Waals surface area contributed by atoms with Crippen molar-refractivity contribution in [1.82, 2.24) is 20.1 Å². The van der Waals surface area contributed by atoms with Gasteiger partial charge in [0.2, 0.25) is 0 Å². The molecule has 220 valence electrons. The summed E-state index contributed by atoms with van der Waals surface area (Å²) in [4.78, 5) is 4.55. The summed E-state index contributed by atoms with van der Waals surface area (Å²) in [6, 6.07) is 7.23. The second-order valence-electron chi connectivity index (χ2n) is 9.69. The number of anilines is 3. The van der Waals surface area contributed by atoms with Crippen LogP contribution >= 0.6 is 11.6 Å². The highest BCUT2D eigenvalue weighted by molar-refractivity contribution is 6.36. The van der Waals surface area contributed by atoms with Gasteiger partial charge in [0.05, 0.1) is 21.9 Å². The van der Waals surface area contributed by atoms with Crippen molar-refractivity contribution in [3.8, 4) is 0 Å². The Balaban J connectivity index is 0.00000114. The maximum absolute atomic E-state index is 7.86. The Morgan fingerprint density at radius 3 is 2.43 bits per heavy atom. The first-order valence-corrected chi connectivity index (χ1v) is 14.6. The van der Waals surface area contributed by atoms with Crippen LogP contribution in [0.15, 0.2) is 83.9 Å². The number of halogens is 1. The van der Waals surface area contributed by atoms with E-state index in [1.165, 1.54) is 24.6 Å². The number of nitrogens with two attached hydrogens (primary N) is 1. The zero-order chi connectivity index (χ0) is 30.6.